The Bertz CT molecular complexity index is 429. The molecule has 1 atom stereocenters. The van der Waals surface area contributed by atoms with Crippen LogP contribution in [-0.2, 0) is 16.1 Å². The molecule has 0 aromatic heterocycles. The van der Waals surface area contributed by atoms with E-state index in [9.17, 15) is 4.79 Å². The van der Waals surface area contributed by atoms with Gasteiger partial charge < -0.3 is 9.47 Å². The highest BCUT2D eigenvalue weighted by Gasteiger charge is 2.22. The number of benzene rings is 1. The zero-order valence-corrected chi connectivity index (χ0v) is 13.0. The van der Waals surface area contributed by atoms with Gasteiger partial charge in [0.05, 0.1) is 13.2 Å². The summed E-state index contributed by atoms with van der Waals surface area (Å²) in [7, 11) is 1.41. The average molecular weight is 279 g/mol. The summed E-state index contributed by atoms with van der Waals surface area (Å²) < 4.78 is 10.6. The van der Waals surface area contributed by atoms with Crippen molar-refractivity contribution in [3.63, 3.8) is 0 Å². The van der Waals surface area contributed by atoms with Gasteiger partial charge in [-0.15, -0.1) is 0 Å². The van der Waals surface area contributed by atoms with Gasteiger partial charge in [-0.25, -0.2) is 0 Å². The molecule has 0 unspecified atom stereocenters. The predicted octanol–water partition coefficient (Wildman–Crippen LogP) is 2.76. The van der Waals surface area contributed by atoms with Crippen LogP contribution in [0.2, 0.25) is 0 Å². The minimum absolute atomic E-state index is 0.123. The first kappa shape index (κ1) is 16.5. The Hall–Kier alpha value is -1.55. The molecule has 0 radical (unpaired) electrons. The maximum Gasteiger partial charge on any atom is 0.323 e. The molecule has 4 nitrogen and oxygen atoms in total. The fourth-order valence-electron chi connectivity index (χ4n) is 1.96. The Kier molecular flexibility index (Phi) is 6.52. The van der Waals surface area contributed by atoms with E-state index >= 15 is 0 Å². The second kappa shape index (κ2) is 7.90. The lowest BCUT2D eigenvalue weighted by Crippen LogP contribution is -2.41. The second-order valence-corrected chi connectivity index (χ2v) is 5.40. The molecule has 0 bridgehead atoms. The SMILES string of the molecule is COC(=O)[C@@H](NCc1ccccc1OC(C)C)C(C)C. The number of hydrogen-bond acceptors (Lipinski definition) is 4. The number of ether oxygens (including phenoxy) is 2. The summed E-state index contributed by atoms with van der Waals surface area (Å²) in [5, 5.41) is 3.25. The summed E-state index contributed by atoms with van der Waals surface area (Å²) in [6.45, 7) is 8.54. The summed E-state index contributed by atoms with van der Waals surface area (Å²) >= 11 is 0. The van der Waals surface area contributed by atoms with Crippen LogP contribution in [0, 0.1) is 5.92 Å². The van der Waals surface area contributed by atoms with E-state index in [0.717, 1.165) is 11.3 Å². The molecule has 0 aliphatic carbocycles. The summed E-state index contributed by atoms with van der Waals surface area (Å²) in [6, 6.07) is 7.54. The first-order valence-electron chi connectivity index (χ1n) is 7.01. The molecule has 20 heavy (non-hydrogen) atoms. The van der Waals surface area contributed by atoms with E-state index in [2.05, 4.69) is 5.32 Å². The number of carbonyl (C=O) groups excluding carboxylic acids is 1. The van der Waals surface area contributed by atoms with Crippen LogP contribution in [0.15, 0.2) is 24.3 Å². The zero-order valence-electron chi connectivity index (χ0n) is 13.0. The van der Waals surface area contributed by atoms with Crippen molar-refractivity contribution in [2.24, 2.45) is 5.92 Å². The highest BCUT2D eigenvalue weighted by molar-refractivity contribution is 5.75. The minimum atomic E-state index is -0.313. The van der Waals surface area contributed by atoms with Crippen LogP contribution < -0.4 is 10.1 Å². The molecule has 112 valence electrons. The molecule has 4 heteroatoms. The maximum atomic E-state index is 11.7. The number of esters is 1. The monoisotopic (exact) mass is 279 g/mol. The van der Waals surface area contributed by atoms with Gasteiger partial charge in [0.25, 0.3) is 0 Å². The molecule has 0 aliphatic heterocycles. The van der Waals surface area contributed by atoms with Gasteiger partial charge in [-0.3, -0.25) is 10.1 Å². The van der Waals surface area contributed by atoms with E-state index in [1.54, 1.807) is 0 Å². The zero-order chi connectivity index (χ0) is 15.1. The third-order valence-electron chi connectivity index (χ3n) is 2.97. The topological polar surface area (TPSA) is 47.6 Å². The molecule has 1 N–H and O–H groups in total. The van der Waals surface area contributed by atoms with Crippen LogP contribution in [0.4, 0.5) is 0 Å². The molecule has 0 saturated heterocycles. The lowest BCUT2D eigenvalue weighted by Gasteiger charge is -2.21. The van der Waals surface area contributed by atoms with E-state index < -0.39 is 0 Å². The van der Waals surface area contributed by atoms with Crippen molar-refractivity contribution < 1.29 is 14.3 Å². The third kappa shape index (κ3) is 4.85. The van der Waals surface area contributed by atoms with Crippen LogP contribution in [0.3, 0.4) is 0 Å². The van der Waals surface area contributed by atoms with Crippen molar-refractivity contribution >= 4 is 5.97 Å². The van der Waals surface area contributed by atoms with Gasteiger partial charge in [-0.1, -0.05) is 32.0 Å². The fourth-order valence-corrected chi connectivity index (χ4v) is 1.96. The smallest absolute Gasteiger partial charge is 0.323 e. The Balaban J connectivity index is 2.75. The van der Waals surface area contributed by atoms with E-state index in [4.69, 9.17) is 9.47 Å². The number of carbonyl (C=O) groups is 1. The van der Waals surface area contributed by atoms with Gasteiger partial charge in [-0.05, 0) is 25.8 Å². The van der Waals surface area contributed by atoms with E-state index in [0.29, 0.717) is 6.54 Å². The molecule has 0 fully saturated rings. The normalized spacial score (nSPS) is 12.6. The highest BCUT2D eigenvalue weighted by Crippen LogP contribution is 2.19. The number of rotatable bonds is 7. The molecule has 0 heterocycles. The summed E-state index contributed by atoms with van der Waals surface area (Å²) in [6.07, 6.45) is 0.123. The average Bonchev–Trinajstić information content (AvgIpc) is 2.39. The molecule has 1 rings (SSSR count). The molecular weight excluding hydrogens is 254 g/mol. The lowest BCUT2D eigenvalue weighted by atomic mass is 10.0. The Morgan fingerprint density at radius 2 is 1.85 bits per heavy atom. The molecule has 0 saturated carbocycles. The number of nitrogens with one attached hydrogen (secondary N) is 1. The van der Waals surface area contributed by atoms with Gasteiger partial charge in [0.1, 0.15) is 11.8 Å². The predicted molar refractivity (Wildman–Crippen MR) is 79.7 cm³/mol. The van der Waals surface area contributed by atoms with Gasteiger partial charge in [-0.2, -0.15) is 0 Å². The third-order valence-corrected chi connectivity index (χ3v) is 2.97. The number of para-hydroxylation sites is 1. The Morgan fingerprint density at radius 3 is 2.40 bits per heavy atom. The highest BCUT2D eigenvalue weighted by atomic mass is 16.5. The number of hydrogen-bond donors (Lipinski definition) is 1. The van der Waals surface area contributed by atoms with Gasteiger partial charge >= 0.3 is 5.97 Å². The van der Waals surface area contributed by atoms with Gasteiger partial charge in [0.15, 0.2) is 0 Å². The van der Waals surface area contributed by atoms with E-state index in [1.165, 1.54) is 7.11 Å². The maximum absolute atomic E-state index is 11.7. The van der Waals surface area contributed by atoms with E-state index in [-0.39, 0.29) is 24.0 Å². The van der Waals surface area contributed by atoms with Gasteiger partial charge in [0.2, 0.25) is 0 Å². The van der Waals surface area contributed by atoms with Crippen LogP contribution in [0.1, 0.15) is 33.3 Å². The van der Waals surface area contributed by atoms with Crippen molar-refractivity contribution in [3.8, 4) is 5.75 Å². The molecule has 1 aromatic rings. The van der Waals surface area contributed by atoms with Crippen molar-refractivity contribution in [2.45, 2.75) is 46.4 Å². The fraction of sp³-hybridized carbons (Fsp3) is 0.562. The largest absolute Gasteiger partial charge is 0.491 e. The molecule has 0 amide bonds. The molecule has 0 spiro atoms. The van der Waals surface area contributed by atoms with Crippen molar-refractivity contribution in [1.82, 2.24) is 5.32 Å². The first-order chi connectivity index (χ1) is 9.45. The van der Waals surface area contributed by atoms with Crippen molar-refractivity contribution in [2.75, 3.05) is 7.11 Å². The molecular formula is C16H25NO3. The standard InChI is InChI=1S/C16H25NO3/c1-11(2)15(16(18)19-5)17-10-13-8-6-7-9-14(13)20-12(3)4/h6-9,11-12,15,17H,10H2,1-5H3/t15-/m0/s1. The lowest BCUT2D eigenvalue weighted by molar-refractivity contribution is -0.144. The van der Waals surface area contributed by atoms with Crippen LogP contribution in [0.25, 0.3) is 0 Å². The summed E-state index contributed by atoms with van der Waals surface area (Å²) in [5.74, 6) is 0.783. The van der Waals surface area contributed by atoms with E-state index in [1.807, 2.05) is 52.0 Å². The molecule has 1 aromatic carbocycles. The summed E-state index contributed by atoms with van der Waals surface area (Å²) in [4.78, 5) is 11.7. The Labute approximate surface area is 121 Å². The quantitative estimate of drug-likeness (QED) is 0.780. The summed E-state index contributed by atoms with van der Waals surface area (Å²) in [5.41, 5.74) is 1.04. The van der Waals surface area contributed by atoms with Gasteiger partial charge in [0, 0.05) is 12.1 Å². The second-order valence-electron chi connectivity index (χ2n) is 5.40. The van der Waals surface area contributed by atoms with Crippen molar-refractivity contribution in [3.05, 3.63) is 29.8 Å². The minimum Gasteiger partial charge on any atom is -0.491 e. The first-order valence-corrected chi connectivity index (χ1v) is 7.01. The molecule has 0 aliphatic rings. The van der Waals surface area contributed by atoms with Crippen LogP contribution >= 0.6 is 0 Å². The van der Waals surface area contributed by atoms with Crippen molar-refractivity contribution in [1.29, 1.82) is 0 Å². The van der Waals surface area contributed by atoms with Crippen LogP contribution in [-0.4, -0.2) is 25.2 Å². The Morgan fingerprint density at radius 1 is 1.20 bits per heavy atom. The number of methoxy groups -OCH3 is 1. The van der Waals surface area contributed by atoms with Crippen LogP contribution in [0.5, 0.6) is 5.75 Å².